The van der Waals surface area contributed by atoms with Crippen LogP contribution in [-0.2, 0) is 31.9 Å². The molecule has 11 rings (SSSR count). The Balaban J connectivity index is 0.00000611. The Bertz CT molecular complexity index is 3560. The minimum Gasteiger partial charge on any atom is -0.507 e. The van der Waals surface area contributed by atoms with Crippen LogP contribution in [0.25, 0.3) is 95.0 Å². The van der Waals surface area contributed by atoms with E-state index in [4.69, 9.17) is 9.97 Å². The molecule has 0 spiro atoms. The molecular weight excluding hydrogens is 1070 g/mol. The Hall–Kier alpha value is -7.13. The molecule has 1 aliphatic carbocycles. The van der Waals surface area contributed by atoms with Gasteiger partial charge < -0.3 is 5.11 Å². The van der Waals surface area contributed by atoms with Crippen molar-refractivity contribution >= 4 is 11.0 Å². The summed E-state index contributed by atoms with van der Waals surface area (Å²) in [6.45, 7) is 13.6. The van der Waals surface area contributed by atoms with Gasteiger partial charge in [0.05, 0.1) is 22.3 Å². The second kappa shape index (κ2) is 20.4. The summed E-state index contributed by atoms with van der Waals surface area (Å²) in [5, 5.41) is 12.8. The standard InChI is InChI=1S/C68H62N3O.Pt/c1-67(2,3)55-34-35-62(58(44-55)49-24-15-9-16-25-49)71-63-29-19-28-57(64(63)70-66(71)60-42-52(46-22-13-8-14-23-46)41-59(65(60)72)50-26-17-10-18-27-50)53-38-54(40-56(39-53)68(4,5)6)61-43-51(36-37-69-61)48-32-30-47(31-33-48)45-20-11-7-12-21-45;/h8-10,13-19,22-37,39-45,72H,7,11-12,20-21H2,1-6H3;/q-1;. The zero-order valence-corrected chi connectivity index (χ0v) is 45.0. The van der Waals surface area contributed by atoms with Crippen molar-refractivity contribution < 1.29 is 26.2 Å². The molecule has 73 heavy (non-hydrogen) atoms. The Morgan fingerprint density at radius 3 is 1.75 bits per heavy atom. The summed E-state index contributed by atoms with van der Waals surface area (Å²) in [4.78, 5) is 10.7. The van der Waals surface area contributed by atoms with E-state index >= 15 is 0 Å². The first kappa shape index (κ1) is 49.4. The minimum absolute atomic E-state index is 0. The number of para-hydroxylation sites is 1. The fraction of sp³-hybridized carbons (Fsp3) is 0.206. The van der Waals surface area contributed by atoms with Crippen molar-refractivity contribution in [3.63, 3.8) is 0 Å². The number of aromatic nitrogens is 3. The van der Waals surface area contributed by atoms with Gasteiger partial charge in [0.2, 0.25) is 0 Å². The van der Waals surface area contributed by atoms with Crippen LogP contribution in [0.3, 0.4) is 0 Å². The first-order valence-corrected chi connectivity index (χ1v) is 25.7. The third kappa shape index (κ3) is 10.0. The van der Waals surface area contributed by atoms with Crippen molar-refractivity contribution in [1.82, 2.24) is 14.5 Å². The molecule has 4 nitrogen and oxygen atoms in total. The average Bonchev–Trinajstić information content (AvgIpc) is 3.81. The third-order valence-electron chi connectivity index (χ3n) is 14.8. The largest absolute Gasteiger partial charge is 0.507 e. The topological polar surface area (TPSA) is 50.9 Å². The molecule has 2 aromatic heterocycles. The van der Waals surface area contributed by atoms with Crippen LogP contribution in [0.1, 0.15) is 96.3 Å². The number of nitrogens with zero attached hydrogens (tertiary/aromatic N) is 3. The molecule has 0 amide bonds. The number of phenolic OH excluding ortho intramolecular Hbond substituents is 1. The van der Waals surface area contributed by atoms with Crippen molar-refractivity contribution in [2.45, 2.75) is 90.4 Å². The SMILES string of the molecule is CC(C)(C)c1cc(-c2cc(-c3ccc(C4CCCCC4)cc3)ccn2)[c-]c(-c2cccc3c2nc(-c2cc(-c4ccccc4)cc(-c4ccccc4)c2O)n3-c2ccc(C(C)(C)C)cc2-c2ccccc2)c1.[Pt]. The van der Waals surface area contributed by atoms with Gasteiger partial charge in [0, 0.05) is 44.1 Å². The zero-order chi connectivity index (χ0) is 49.6. The van der Waals surface area contributed by atoms with E-state index in [2.05, 4.69) is 216 Å². The van der Waals surface area contributed by atoms with E-state index < -0.39 is 0 Å². The molecule has 0 saturated heterocycles. The summed E-state index contributed by atoms with van der Waals surface area (Å²) in [5.41, 5.74) is 18.8. The Labute approximate surface area is 446 Å². The molecule has 5 heteroatoms. The van der Waals surface area contributed by atoms with E-state index in [0.717, 1.165) is 78.0 Å². The molecule has 1 saturated carbocycles. The predicted octanol–water partition coefficient (Wildman–Crippen LogP) is 18.2. The molecule has 1 N–H and O–H groups in total. The molecule has 2 heterocycles. The van der Waals surface area contributed by atoms with Crippen molar-refractivity contribution in [2.24, 2.45) is 0 Å². The molecule has 0 aliphatic heterocycles. The van der Waals surface area contributed by atoms with Crippen molar-refractivity contribution in [1.29, 1.82) is 0 Å². The van der Waals surface area contributed by atoms with Crippen molar-refractivity contribution in [3.8, 4) is 89.7 Å². The second-order valence-corrected chi connectivity index (χ2v) is 21.8. The number of aromatic hydroxyl groups is 1. The molecule has 1 aliphatic rings. The van der Waals surface area contributed by atoms with Crippen LogP contribution in [0.2, 0.25) is 0 Å². The van der Waals surface area contributed by atoms with Crippen LogP contribution < -0.4 is 0 Å². The second-order valence-electron chi connectivity index (χ2n) is 21.8. The molecule has 8 aromatic carbocycles. The monoisotopic (exact) mass is 1130 g/mol. The molecule has 366 valence electrons. The summed E-state index contributed by atoms with van der Waals surface area (Å²) in [7, 11) is 0. The van der Waals surface area contributed by atoms with Gasteiger partial charge in [-0.3, -0.25) is 9.55 Å². The van der Waals surface area contributed by atoms with Crippen LogP contribution in [-0.4, -0.2) is 19.6 Å². The average molecular weight is 1130 g/mol. The van der Waals surface area contributed by atoms with Gasteiger partial charge in [-0.1, -0.05) is 211 Å². The van der Waals surface area contributed by atoms with E-state index in [1.165, 1.54) is 54.4 Å². The normalized spacial score (nSPS) is 13.2. The molecule has 0 bridgehead atoms. The summed E-state index contributed by atoms with van der Waals surface area (Å²) in [5.74, 6) is 1.48. The molecule has 0 radical (unpaired) electrons. The minimum atomic E-state index is -0.180. The molecular formula is C68H62N3OPt-. The van der Waals surface area contributed by atoms with Crippen LogP contribution in [0.15, 0.2) is 194 Å². The Morgan fingerprint density at radius 2 is 1.10 bits per heavy atom. The van der Waals surface area contributed by atoms with Gasteiger partial charge in [-0.25, -0.2) is 4.98 Å². The number of fused-ring (bicyclic) bond motifs is 1. The Kier molecular flexibility index (Phi) is 13.8. The Morgan fingerprint density at radius 1 is 0.493 bits per heavy atom. The van der Waals surface area contributed by atoms with Crippen molar-refractivity contribution in [3.05, 3.63) is 217 Å². The number of imidazole rings is 1. The van der Waals surface area contributed by atoms with Gasteiger partial charge in [0.1, 0.15) is 11.6 Å². The molecule has 10 aromatic rings. The number of hydrogen-bond acceptors (Lipinski definition) is 3. The van der Waals surface area contributed by atoms with Gasteiger partial charge in [-0.2, -0.15) is 0 Å². The summed E-state index contributed by atoms with van der Waals surface area (Å²) < 4.78 is 2.27. The summed E-state index contributed by atoms with van der Waals surface area (Å²) >= 11 is 0. The summed E-state index contributed by atoms with van der Waals surface area (Å²) in [6, 6.07) is 70.7. The maximum atomic E-state index is 12.8. The molecule has 0 atom stereocenters. The number of hydrogen-bond donors (Lipinski definition) is 1. The van der Waals surface area contributed by atoms with Crippen LogP contribution in [0.5, 0.6) is 5.75 Å². The van der Waals surface area contributed by atoms with Crippen molar-refractivity contribution in [2.75, 3.05) is 0 Å². The third-order valence-corrected chi connectivity index (χ3v) is 14.8. The number of benzene rings is 8. The van der Waals surface area contributed by atoms with Gasteiger partial charge >= 0.3 is 0 Å². The first-order valence-electron chi connectivity index (χ1n) is 25.7. The number of rotatable bonds is 9. The van der Waals surface area contributed by atoms with Crippen LogP contribution in [0, 0.1) is 6.07 Å². The fourth-order valence-electron chi connectivity index (χ4n) is 10.7. The van der Waals surface area contributed by atoms with E-state index in [9.17, 15) is 5.11 Å². The van der Waals surface area contributed by atoms with E-state index in [0.29, 0.717) is 17.3 Å². The fourth-order valence-corrected chi connectivity index (χ4v) is 10.7. The zero-order valence-electron chi connectivity index (χ0n) is 42.7. The van der Waals surface area contributed by atoms with Crippen LogP contribution >= 0.6 is 0 Å². The van der Waals surface area contributed by atoms with Gasteiger partial charge in [-0.15, -0.1) is 29.3 Å². The number of pyridine rings is 1. The quantitative estimate of drug-likeness (QED) is 0.147. The smallest absolute Gasteiger partial charge is 0.148 e. The summed E-state index contributed by atoms with van der Waals surface area (Å²) in [6.07, 6.45) is 8.51. The molecule has 0 unspecified atom stereocenters. The maximum absolute atomic E-state index is 12.8. The van der Waals surface area contributed by atoms with Gasteiger partial charge in [0.15, 0.2) is 0 Å². The molecule has 1 fully saturated rings. The predicted molar refractivity (Wildman–Crippen MR) is 301 cm³/mol. The van der Waals surface area contributed by atoms with Gasteiger partial charge in [-0.05, 0) is 110 Å². The first-order chi connectivity index (χ1) is 34.9. The van der Waals surface area contributed by atoms with Crippen LogP contribution in [0.4, 0.5) is 0 Å². The van der Waals surface area contributed by atoms with Gasteiger partial charge in [0.25, 0.3) is 0 Å². The van der Waals surface area contributed by atoms with E-state index in [-0.39, 0.29) is 37.6 Å². The van der Waals surface area contributed by atoms with E-state index in [1.54, 1.807) is 0 Å². The number of phenols is 1. The maximum Gasteiger partial charge on any atom is 0.148 e. The van der Waals surface area contributed by atoms with E-state index in [1.807, 2.05) is 30.5 Å².